The molecule has 17 heteroatoms. The summed E-state index contributed by atoms with van der Waals surface area (Å²) in [5, 5.41) is 12.4. The molecule has 1 saturated heterocycles. The van der Waals surface area contributed by atoms with Gasteiger partial charge in [0, 0.05) is 33.8 Å². The zero-order valence-corrected chi connectivity index (χ0v) is 24.3. The maximum Gasteiger partial charge on any atom is 0.416 e. The summed E-state index contributed by atoms with van der Waals surface area (Å²) in [7, 11) is 4.29. The van der Waals surface area contributed by atoms with Gasteiger partial charge in [0.15, 0.2) is 11.3 Å². The Morgan fingerprint density at radius 2 is 1.86 bits per heavy atom. The van der Waals surface area contributed by atoms with Crippen molar-refractivity contribution >= 4 is 23.0 Å². The number of nitrogens with zero attached hydrogens (tertiary/aromatic N) is 4. The van der Waals surface area contributed by atoms with Gasteiger partial charge in [-0.1, -0.05) is 11.2 Å². The average Bonchev–Trinajstić information content (AvgIpc) is 3.50. The van der Waals surface area contributed by atoms with Gasteiger partial charge in [-0.3, -0.25) is 4.79 Å². The van der Waals surface area contributed by atoms with Crippen molar-refractivity contribution < 1.29 is 45.6 Å². The topological polar surface area (TPSA) is 148 Å². The number of H-pyrrole nitrogens is 1. The Kier molecular flexibility index (Phi) is 10.7. The maximum atomic E-state index is 13.6. The normalized spacial score (nSPS) is 16.5. The molecule has 5 rings (SSSR count). The fraction of sp³-hybridized carbons (Fsp3) is 0.577. The molecule has 0 atom stereocenters. The lowest BCUT2D eigenvalue weighted by Gasteiger charge is -2.32. The van der Waals surface area contributed by atoms with E-state index in [2.05, 4.69) is 40.4 Å². The van der Waals surface area contributed by atoms with Crippen LogP contribution < -0.4 is 10.6 Å². The fourth-order valence-electron chi connectivity index (χ4n) is 3.70. The molecular weight excluding hydrogens is 585 g/mol. The summed E-state index contributed by atoms with van der Waals surface area (Å²) in [6, 6.07) is 4.70. The van der Waals surface area contributed by atoms with Crippen LogP contribution in [0.1, 0.15) is 60.2 Å². The molecule has 1 aliphatic heterocycles. The number of rotatable bonds is 7. The second-order valence-electron chi connectivity index (χ2n) is 10.5. The molecule has 3 heterocycles. The number of halogens is 5. The van der Waals surface area contributed by atoms with Crippen molar-refractivity contribution in [2.75, 3.05) is 34.4 Å². The molecule has 3 N–H and O–H groups in total. The molecule has 0 bridgehead atoms. The van der Waals surface area contributed by atoms with Gasteiger partial charge in [-0.15, -0.1) is 0 Å². The van der Waals surface area contributed by atoms with Crippen molar-refractivity contribution in [2.24, 2.45) is 0 Å². The van der Waals surface area contributed by atoms with E-state index in [1.165, 1.54) is 0 Å². The Bertz CT molecular complexity index is 1390. The van der Waals surface area contributed by atoms with Crippen LogP contribution in [-0.2, 0) is 22.6 Å². The number of nitrogens with one attached hydrogen (secondary N) is 3. The molecule has 0 radical (unpaired) electrons. The second kappa shape index (κ2) is 13.6. The van der Waals surface area contributed by atoms with Crippen LogP contribution in [0.3, 0.4) is 0 Å². The number of ether oxygens (including phenoxy) is 2. The number of benzene rings is 1. The van der Waals surface area contributed by atoms with E-state index in [0.29, 0.717) is 28.1 Å². The minimum atomic E-state index is -4.28. The van der Waals surface area contributed by atoms with Crippen molar-refractivity contribution in [3.63, 3.8) is 0 Å². The highest BCUT2D eigenvalue weighted by Gasteiger charge is 2.47. The van der Waals surface area contributed by atoms with E-state index >= 15 is 0 Å². The number of urea groups is 1. The van der Waals surface area contributed by atoms with Crippen LogP contribution in [0.15, 0.2) is 22.8 Å². The van der Waals surface area contributed by atoms with Crippen molar-refractivity contribution in [2.45, 2.75) is 63.4 Å². The van der Waals surface area contributed by atoms with Crippen molar-refractivity contribution in [1.82, 2.24) is 35.8 Å². The maximum absolute atomic E-state index is 13.6. The van der Waals surface area contributed by atoms with Crippen LogP contribution in [0.5, 0.6) is 0 Å². The first-order chi connectivity index (χ1) is 20.1. The van der Waals surface area contributed by atoms with Crippen LogP contribution in [0.25, 0.3) is 11.0 Å². The lowest BCUT2D eigenvalue weighted by Crippen LogP contribution is -2.56. The van der Waals surface area contributed by atoms with Crippen LogP contribution in [0.4, 0.5) is 26.7 Å². The lowest BCUT2D eigenvalue weighted by molar-refractivity contribution is -0.255. The number of methoxy groups -OCH3 is 2. The van der Waals surface area contributed by atoms with Gasteiger partial charge in [0.25, 0.3) is 11.8 Å². The summed E-state index contributed by atoms with van der Waals surface area (Å²) < 4.78 is 75.4. The number of fused-ring (bicyclic) bond motifs is 1. The van der Waals surface area contributed by atoms with Crippen LogP contribution in [0.2, 0.25) is 0 Å². The summed E-state index contributed by atoms with van der Waals surface area (Å²) in [5.74, 6) is -2.59. The number of carbonyl (C=O) groups excluding carboxylic acids is 2. The zero-order valence-electron chi connectivity index (χ0n) is 24.3. The summed E-state index contributed by atoms with van der Waals surface area (Å²) >= 11 is 0. The Balaban J connectivity index is 0.000000360. The van der Waals surface area contributed by atoms with Gasteiger partial charge in [0.1, 0.15) is 11.5 Å². The molecule has 1 saturated carbocycles. The number of imidazole rings is 1. The third-order valence-electron chi connectivity index (χ3n) is 6.48. The van der Waals surface area contributed by atoms with E-state index in [1.807, 2.05) is 0 Å². The van der Waals surface area contributed by atoms with E-state index in [-0.39, 0.29) is 30.6 Å². The number of hydrogen-bond donors (Lipinski definition) is 3. The first kappa shape index (κ1) is 33.6. The summed E-state index contributed by atoms with van der Waals surface area (Å²) in [6.07, 6.45) is -2.34. The van der Waals surface area contributed by atoms with E-state index in [0.717, 1.165) is 38.7 Å². The largest absolute Gasteiger partial charge is 0.416 e. The Morgan fingerprint density at radius 1 is 1.19 bits per heavy atom. The molecule has 43 heavy (non-hydrogen) atoms. The van der Waals surface area contributed by atoms with Gasteiger partial charge in [-0.2, -0.15) is 13.2 Å². The minimum Gasteiger partial charge on any atom is -0.388 e. The van der Waals surface area contributed by atoms with Crippen LogP contribution in [-0.4, -0.2) is 89.2 Å². The number of aromatic nitrogens is 4. The molecule has 238 valence electrons. The predicted octanol–water partition coefficient (Wildman–Crippen LogP) is 4.15. The quantitative estimate of drug-likeness (QED) is 0.334. The van der Waals surface area contributed by atoms with Gasteiger partial charge in [-0.25, -0.2) is 23.2 Å². The van der Waals surface area contributed by atoms with E-state index in [4.69, 9.17) is 4.63 Å². The number of alkyl halides is 5. The zero-order chi connectivity index (χ0) is 32.0. The lowest BCUT2D eigenvalue weighted by atomic mass is 10.1. The number of hydrogen-bond acceptors (Lipinski definition) is 8. The molecule has 1 aliphatic carbocycles. The van der Waals surface area contributed by atoms with E-state index in [1.54, 1.807) is 32.4 Å². The minimum absolute atomic E-state index is 0.0472. The highest BCUT2D eigenvalue weighted by Crippen LogP contribution is 2.40. The molecule has 3 amide bonds. The van der Waals surface area contributed by atoms with Gasteiger partial charge in [0.2, 0.25) is 0 Å². The van der Waals surface area contributed by atoms with Gasteiger partial charge < -0.3 is 30.0 Å². The number of aromatic amines is 1. The molecule has 0 unspecified atom stereocenters. The first-order valence-electron chi connectivity index (χ1n) is 13.1. The Hall–Kier alpha value is -3.86. The monoisotopic (exact) mass is 619 g/mol. The van der Waals surface area contributed by atoms with Gasteiger partial charge >= 0.3 is 12.2 Å². The summed E-state index contributed by atoms with van der Waals surface area (Å²) in [4.78, 5) is 32.9. The van der Waals surface area contributed by atoms with Crippen LogP contribution >= 0.6 is 0 Å². The third kappa shape index (κ3) is 9.06. The summed E-state index contributed by atoms with van der Waals surface area (Å²) in [5.41, 5.74) is 0.766. The Labute approximate surface area is 243 Å². The molecule has 2 fully saturated rings. The van der Waals surface area contributed by atoms with Crippen molar-refractivity contribution in [1.29, 1.82) is 0 Å². The molecular formula is C26H34F5N7O5. The SMILES string of the molecule is COC.COC(C)(C)C(F)(F)F.O=C(NCc1nc2ccc(CN3CC(F)(F)CNC3=O)cc2[nH]1)c1nonc1C1CC1. The second-order valence-corrected chi connectivity index (χ2v) is 10.5. The summed E-state index contributed by atoms with van der Waals surface area (Å²) in [6.45, 7) is 0.868. The molecule has 1 aromatic carbocycles. The number of amides is 3. The third-order valence-corrected chi connectivity index (χ3v) is 6.48. The van der Waals surface area contributed by atoms with E-state index in [9.17, 15) is 31.5 Å². The molecule has 2 aromatic heterocycles. The van der Waals surface area contributed by atoms with E-state index < -0.39 is 36.8 Å². The van der Waals surface area contributed by atoms with Crippen LogP contribution in [0, 0.1) is 0 Å². The van der Waals surface area contributed by atoms with Gasteiger partial charge in [-0.05, 0) is 49.5 Å². The number of carbonyl (C=O) groups is 2. The highest BCUT2D eigenvalue weighted by molar-refractivity contribution is 5.93. The van der Waals surface area contributed by atoms with Crippen molar-refractivity contribution in [3.05, 3.63) is 41.0 Å². The van der Waals surface area contributed by atoms with Crippen molar-refractivity contribution in [3.8, 4) is 0 Å². The fourth-order valence-corrected chi connectivity index (χ4v) is 3.70. The standard InChI is InChI=1S/C19H19F2N7O3.C5H9F3O.C2H6O/c20-19(21)8-23-18(30)28(9-19)7-10-1-4-12-13(5-10)25-14(24-12)6-22-17(29)16-15(11-2-3-11)26-31-27-16;1-4(2,9-3)5(6,7)8;1-3-2/h1,4-5,11H,2-3,6-9H2,(H,22,29)(H,23,30)(H,24,25);1-3H3;1-2H3. The smallest absolute Gasteiger partial charge is 0.388 e. The highest BCUT2D eigenvalue weighted by atomic mass is 19.4. The molecule has 12 nitrogen and oxygen atoms in total. The average molecular weight is 620 g/mol. The first-order valence-corrected chi connectivity index (χ1v) is 13.1. The predicted molar refractivity (Wildman–Crippen MR) is 142 cm³/mol. The molecule has 0 spiro atoms. The molecule has 2 aliphatic rings. The van der Waals surface area contributed by atoms with Gasteiger partial charge in [0.05, 0.1) is 30.7 Å². The molecule has 3 aromatic rings. The Morgan fingerprint density at radius 3 is 2.44 bits per heavy atom.